The molecule has 3 N–H and O–H groups in total. The summed E-state index contributed by atoms with van der Waals surface area (Å²) in [5.41, 5.74) is 4.68. The lowest BCUT2D eigenvalue weighted by Crippen LogP contribution is -2.06. The smallest absolute Gasteiger partial charge is 0.231 e. The minimum Gasteiger partial charge on any atom is -0.338 e. The van der Waals surface area contributed by atoms with Crippen molar-refractivity contribution in [2.24, 2.45) is 0 Å². The maximum atomic E-state index is 11.3. The number of anilines is 5. The zero-order valence-electron chi connectivity index (χ0n) is 17.9. The van der Waals surface area contributed by atoms with E-state index in [-0.39, 0.29) is 5.91 Å². The van der Waals surface area contributed by atoms with E-state index in [0.717, 1.165) is 22.7 Å². The summed E-state index contributed by atoms with van der Waals surface area (Å²) in [6, 6.07) is 27.1. The second-order valence-corrected chi connectivity index (χ2v) is 7.39. The van der Waals surface area contributed by atoms with Crippen molar-refractivity contribution in [2.45, 2.75) is 6.92 Å². The average molecular weight is 435 g/mol. The van der Waals surface area contributed by atoms with Crippen LogP contribution < -0.4 is 16.0 Å². The Balaban J connectivity index is 1.56. The number of aromatic nitrogens is 4. The van der Waals surface area contributed by atoms with Crippen LogP contribution in [0, 0.1) is 0 Å². The first-order valence-corrected chi connectivity index (χ1v) is 10.4. The molecule has 0 radical (unpaired) electrons. The topological polar surface area (TPSA) is 96.8 Å². The Morgan fingerprint density at radius 2 is 1.39 bits per heavy atom. The minimum atomic E-state index is -0.115. The lowest BCUT2D eigenvalue weighted by molar-refractivity contribution is -0.114. The Morgan fingerprint density at radius 3 is 2.09 bits per heavy atom. The van der Waals surface area contributed by atoms with Crippen molar-refractivity contribution in [1.29, 1.82) is 0 Å². The van der Waals surface area contributed by atoms with Gasteiger partial charge in [0.05, 0.1) is 0 Å². The summed E-state index contributed by atoms with van der Waals surface area (Å²) in [5, 5.41) is 9.37. The average Bonchev–Trinajstić information content (AvgIpc) is 3.26. The summed E-state index contributed by atoms with van der Waals surface area (Å²) in [4.78, 5) is 25.3. The molecule has 0 spiro atoms. The van der Waals surface area contributed by atoms with Gasteiger partial charge in [0.1, 0.15) is 6.33 Å². The van der Waals surface area contributed by atoms with Crippen LogP contribution in [0.25, 0.3) is 16.9 Å². The van der Waals surface area contributed by atoms with Gasteiger partial charge in [-0.25, -0.2) is 4.98 Å². The second-order valence-electron chi connectivity index (χ2n) is 7.39. The van der Waals surface area contributed by atoms with E-state index in [4.69, 9.17) is 9.97 Å². The molecule has 33 heavy (non-hydrogen) atoms. The van der Waals surface area contributed by atoms with E-state index in [1.54, 1.807) is 6.33 Å². The van der Waals surface area contributed by atoms with Crippen LogP contribution in [0.1, 0.15) is 6.92 Å². The number of hydrogen-bond acceptors (Lipinski definition) is 6. The summed E-state index contributed by atoms with van der Waals surface area (Å²) in [6.07, 6.45) is 1.74. The highest BCUT2D eigenvalue weighted by Gasteiger charge is 2.15. The summed E-state index contributed by atoms with van der Waals surface area (Å²) >= 11 is 0. The van der Waals surface area contributed by atoms with E-state index < -0.39 is 0 Å². The van der Waals surface area contributed by atoms with Crippen LogP contribution in [-0.4, -0.2) is 25.4 Å². The lowest BCUT2D eigenvalue weighted by atomic mass is 10.2. The molecule has 3 aromatic carbocycles. The SMILES string of the molecule is CC(=O)Nc1ccc(Nc2nc(Nc3ccccc3)nc3c2ncn3-c2ccccc2)cc1. The highest BCUT2D eigenvalue weighted by molar-refractivity contribution is 5.90. The van der Waals surface area contributed by atoms with Gasteiger partial charge in [0.2, 0.25) is 11.9 Å². The predicted octanol–water partition coefficient (Wildman–Crippen LogP) is 5.26. The number of hydrogen-bond donors (Lipinski definition) is 3. The third kappa shape index (κ3) is 4.49. The summed E-state index contributed by atoms with van der Waals surface area (Å²) in [6.45, 7) is 1.48. The number of carbonyl (C=O) groups is 1. The molecule has 0 atom stereocenters. The van der Waals surface area contributed by atoms with Crippen molar-refractivity contribution in [1.82, 2.24) is 19.5 Å². The fraction of sp³-hybridized carbons (Fsp3) is 0.0400. The molecule has 0 fully saturated rings. The molecular formula is C25H21N7O. The Labute approximate surface area is 190 Å². The van der Waals surface area contributed by atoms with E-state index in [1.807, 2.05) is 89.5 Å². The van der Waals surface area contributed by atoms with Gasteiger partial charge in [-0.15, -0.1) is 0 Å². The monoisotopic (exact) mass is 435 g/mol. The van der Waals surface area contributed by atoms with Gasteiger partial charge in [0.25, 0.3) is 0 Å². The lowest BCUT2D eigenvalue weighted by Gasteiger charge is -2.11. The molecule has 2 aromatic heterocycles. The van der Waals surface area contributed by atoms with E-state index in [2.05, 4.69) is 20.9 Å². The van der Waals surface area contributed by atoms with Crippen LogP contribution in [0.3, 0.4) is 0 Å². The standard InChI is InChI=1S/C25H21N7O/c1-17(33)27-19-12-14-20(15-13-19)28-23-22-24(32(16-26-22)21-10-6-3-7-11-21)31-25(30-23)29-18-8-4-2-5-9-18/h2-16H,1H3,(H,27,33)(H2,28,29,30,31). The number of carbonyl (C=O) groups excluding carboxylic acids is 1. The molecule has 2 heterocycles. The van der Waals surface area contributed by atoms with Crippen molar-refractivity contribution in [3.8, 4) is 5.69 Å². The molecule has 0 aliphatic carbocycles. The fourth-order valence-corrected chi connectivity index (χ4v) is 3.45. The van der Waals surface area contributed by atoms with Crippen molar-refractivity contribution in [2.75, 3.05) is 16.0 Å². The number of fused-ring (bicyclic) bond motifs is 1. The first-order valence-electron chi connectivity index (χ1n) is 10.4. The van der Waals surface area contributed by atoms with Gasteiger partial charge in [-0.05, 0) is 48.5 Å². The highest BCUT2D eigenvalue weighted by Crippen LogP contribution is 2.27. The third-order valence-corrected chi connectivity index (χ3v) is 4.93. The Hall–Kier alpha value is -4.72. The maximum Gasteiger partial charge on any atom is 0.231 e. The third-order valence-electron chi connectivity index (χ3n) is 4.93. The van der Waals surface area contributed by atoms with Crippen LogP contribution in [0.4, 0.5) is 28.8 Å². The molecule has 0 aliphatic heterocycles. The molecule has 1 amide bonds. The quantitative estimate of drug-likeness (QED) is 0.337. The first-order chi connectivity index (χ1) is 16.2. The van der Waals surface area contributed by atoms with Crippen LogP contribution in [-0.2, 0) is 4.79 Å². The molecule has 0 saturated carbocycles. The molecule has 162 valence electrons. The number of nitrogens with zero attached hydrogens (tertiary/aromatic N) is 4. The van der Waals surface area contributed by atoms with Crippen molar-refractivity contribution < 1.29 is 4.79 Å². The molecule has 0 saturated heterocycles. The van der Waals surface area contributed by atoms with Crippen molar-refractivity contribution >= 4 is 45.9 Å². The van der Waals surface area contributed by atoms with Crippen molar-refractivity contribution in [3.05, 3.63) is 91.3 Å². The first kappa shape index (κ1) is 20.2. The molecule has 8 heteroatoms. The molecule has 5 aromatic rings. The van der Waals surface area contributed by atoms with Crippen LogP contribution >= 0.6 is 0 Å². The molecule has 0 aliphatic rings. The summed E-state index contributed by atoms with van der Waals surface area (Å²) in [7, 11) is 0. The molecule has 0 bridgehead atoms. The number of imidazole rings is 1. The van der Waals surface area contributed by atoms with Crippen LogP contribution in [0.5, 0.6) is 0 Å². The molecule has 8 nitrogen and oxygen atoms in total. The zero-order chi connectivity index (χ0) is 22.6. The summed E-state index contributed by atoms with van der Waals surface area (Å²) < 4.78 is 1.93. The van der Waals surface area contributed by atoms with Gasteiger partial charge in [-0.2, -0.15) is 9.97 Å². The number of amides is 1. The minimum absolute atomic E-state index is 0.115. The Morgan fingerprint density at radius 1 is 0.758 bits per heavy atom. The Kier molecular flexibility index (Phi) is 5.38. The van der Waals surface area contributed by atoms with Crippen LogP contribution in [0.15, 0.2) is 91.3 Å². The van der Waals surface area contributed by atoms with Crippen LogP contribution in [0.2, 0.25) is 0 Å². The number of nitrogens with one attached hydrogen (secondary N) is 3. The van der Waals surface area contributed by atoms with Gasteiger partial charge in [-0.3, -0.25) is 9.36 Å². The largest absolute Gasteiger partial charge is 0.338 e. The van der Waals surface area contributed by atoms with Gasteiger partial charge in [-0.1, -0.05) is 36.4 Å². The molecular weight excluding hydrogens is 414 g/mol. The van der Waals surface area contributed by atoms with Gasteiger partial charge in [0.15, 0.2) is 17.0 Å². The molecule has 5 rings (SSSR count). The number of benzene rings is 3. The second kappa shape index (κ2) is 8.80. The van der Waals surface area contributed by atoms with Gasteiger partial charge < -0.3 is 16.0 Å². The van der Waals surface area contributed by atoms with E-state index in [9.17, 15) is 4.79 Å². The molecule has 0 unspecified atom stereocenters. The van der Waals surface area contributed by atoms with E-state index >= 15 is 0 Å². The Bertz CT molecular complexity index is 1400. The zero-order valence-corrected chi connectivity index (χ0v) is 17.9. The van der Waals surface area contributed by atoms with Gasteiger partial charge >= 0.3 is 0 Å². The fourth-order valence-electron chi connectivity index (χ4n) is 3.45. The van der Waals surface area contributed by atoms with Gasteiger partial charge in [0, 0.05) is 29.7 Å². The van der Waals surface area contributed by atoms with E-state index in [0.29, 0.717) is 22.9 Å². The predicted molar refractivity (Wildman–Crippen MR) is 130 cm³/mol. The summed E-state index contributed by atoms with van der Waals surface area (Å²) in [5.74, 6) is 0.903. The maximum absolute atomic E-state index is 11.3. The van der Waals surface area contributed by atoms with Crippen molar-refractivity contribution in [3.63, 3.8) is 0 Å². The normalized spacial score (nSPS) is 10.7. The number of para-hydroxylation sites is 2. The number of rotatable bonds is 6. The van der Waals surface area contributed by atoms with E-state index in [1.165, 1.54) is 6.92 Å². The highest BCUT2D eigenvalue weighted by atomic mass is 16.1.